The normalized spacial score (nSPS) is 19.7. The first-order valence-electron chi connectivity index (χ1n) is 11.2. The second-order valence-electron chi connectivity index (χ2n) is 8.85. The molecule has 0 aliphatic heterocycles. The Labute approximate surface area is 182 Å². The van der Waals surface area contributed by atoms with Crippen LogP contribution in [0.25, 0.3) is 22.4 Å². The number of aromatic nitrogens is 2. The summed E-state index contributed by atoms with van der Waals surface area (Å²) < 4.78 is 7.59. The Kier molecular flexibility index (Phi) is 5.60. The second kappa shape index (κ2) is 8.67. The molecule has 31 heavy (non-hydrogen) atoms. The van der Waals surface area contributed by atoms with Crippen LogP contribution in [0.1, 0.15) is 36.9 Å². The molecule has 1 saturated carbocycles. The van der Waals surface area contributed by atoms with Gasteiger partial charge >= 0.3 is 5.97 Å². The van der Waals surface area contributed by atoms with Gasteiger partial charge in [0.1, 0.15) is 12.3 Å². The first-order chi connectivity index (χ1) is 15.2. The van der Waals surface area contributed by atoms with Crippen molar-refractivity contribution in [3.63, 3.8) is 0 Å². The summed E-state index contributed by atoms with van der Waals surface area (Å²) in [5, 5.41) is 13.9. The summed E-state index contributed by atoms with van der Waals surface area (Å²) >= 11 is 0. The number of nitrogens with zero attached hydrogens (tertiary/aromatic N) is 2. The average Bonchev–Trinajstić information content (AvgIpc) is 3.33. The highest BCUT2D eigenvalue weighted by Gasteiger charge is 2.30. The van der Waals surface area contributed by atoms with Crippen LogP contribution in [0.5, 0.6) is 0 Å². The number of hydrogen-bond acceptors (Lipinski definition) is 3. The van der Waals surface area contributed by atoms with E-state index in [1.165, 1.54) is 27.9 Å². The minimum Gasteiger partial charge on any atom is -0.480 e. The minimum absolute atomic E-state index is 0.192. The Bertz CT molecular complexity index is 1070. The number of fused-ring (bicyclic) bond motifs is 3. The van der Waals surface area contributed by atoms with E-state index in [4.69, 9.17) is 14.9 Å². The van der Waals surface area contributed by atoms with Crippen molar-refractivity contribution in [3.8, 4) is 22.4 Å². The third-order valence-corrected chi connectivity index (χ3v) is 6.73. The van der Waals surface area contributed by atoms with Gasteiger partial charge < -0.3 is 9.84 Å². The van der Waals surface area contributed by atoms with Gasteiger partial charge in [-0.3, -0.25) is 4.68 Å². The maximum atomic E-state index is 10.6. The number of aliphatic carboxylic acids is 1. The first-order valence-corrected chi connectivity index (χ1v) is 11.2. The van der Waals surface area contributed by atoms with Crippen molar-refractivity contribution in [3.05, 3.63) is 65.9 Å². The van der Waals surface area contributed by atoms with Gasteiger partial charge in [0.25, 0.3) is 0 Å². The van der Waals surface area contributed by atoms with E-state index in [1.54, 1.807) is 0 Å². The Morgan fingerprint density at radius 2 is 1.71 bits per heavy atom. The molecule has 1 heterocycles. The third-order valence-electron chi connectivity index (χ3n) is 6.73. The standard InChI is InChI=1S/C26H28N2O3/c29-24(30)17-31-16-19-12-10-18(11-13-19)15-28-23-14-21-8-4-5-9-22(21)25(23)26(27-28)20-6-2-1-3-7-20/h1-9,18-19H,10-17H2,(H,29,30). The van der Waals surface area contributed by atoms with E-state index in [2.05, 4.69) is 53.2 Å². The molecule has 3 aromatic rings. The van der Waals surface area contributed by atoms with Gasteiger partial charge in [0.2, 0.25) is 0 Å². The van der Waals surface area contributed by atoms with E-state index in [9.17, 15) is 4.79 Å². The van der Waals surface area contributed by atoms with Crippen LogP contribution in [-0.4, -0.2) is 34.1 Å². The monoisotopic (exact) mass is 416 g/mol. The number of hydrogen-bond donors (Lipinski definition) is 1. The summed E-state index contributed by atoms with van der Waals surface area (Å²) in [6.45, 7) is 1.32. The van der Waals surface area contributed by atoms with Crippen molar-refractivity contribution in [2.75, 3.05) is 13.2 Å². The van der Waals surface area contributed by atoms with E-state index >= 15 is 0 Å². The second-order valence-corrected chi connectivity index (χ2v) is 8.85. The van der Waals surface area contributed by atoms with Crippen molar-refractivity contribution in [2.45, 2.75) is 38.6 Å². The lowest BCUT2D eigenvalue weighted by atomic mass is 9.82. The maximum absolute atomic E-state index is 10.6. The van der Waals surface area contributed by atoms with Gasteiger partial charge in [-0.15, -0.1) is 0 Å². The molecule has 0 amide bonds. The fourth-order valence-electron chi connectivity index (χ4n) is 5.15. The SMILES string of the molecule is O=C(O)COCC1CCC(Cn2nc(-c3ccccc3)c3c2Cc2ccccc2-3)CC1. The highest BCUT2D eigenvalue weighted by atomic mass is 16.5. The van der Waals surface area contributed by atoms with Gasteiger partial charge in [0.05, 0.1) is 12.3 Å². The van der Waals surface area contributed by atoms with Crippen molar-refractivity contribution < 1.29 is 14.6 Å². The molecule has 1 N–H and O–H groups in total. The number of carboxylic acid groups (broad SMARTS) is 1. The van der Waals surface area contributed by atoms with Gasteiger partial charge in [-0.05, 0) is 48.6 Å². The summed E-state index contributed by atoms with van der Waals surface area (Å²) in [6.07, 6.45) is 5.43. The third kappa shape index (κ3) is 4.15. The molecule has 0 saturated heterocycles. The molecule has 0 atom stereocenters. The van der Waals surface area contributed by atoms with Crippen LogP contribution in [0.2, 0.25) is 0 Å². The predicted molar refractivity (Wildman–Crippen MR) is 120 cm³/mol. The lowest BCUT2D eigenvalue weighted by molar-refractivity contribution is -0.142. The number of carboxylic acids is 1. The molecule has 0 bridgehead atoms. The summed E-state index contributed by atoms with van der Waals surface area (Å²) in [5.41, 5.74) is 7.62. The molecule has 5 nitrogen and oxygen atoms in total. The molecule has 5 heteroatoms. The smallest absolute Gasteiger partial charge is 0.329 e. The van der Waals surface area contributed by atoms with E-state index in [1.807, 2.05) is 6.07 Å². The Hall–Kier alpha value is -2.92. The van der Waals surface area contributed by atoms with Crippen molar-refractivity contribution >= 4 is 5.97 Å². The van der Waals surface area contributed by atoms with Crippen LogP contribution in [-0.2, 0) is 22.5 Å². The maximum Gasteiger partial charge on any atom is 0.329 e. The lowest BCUT2D eigenvalue weighted by Gasteiger charge is -2.28. The van der Waals surface area contributed by atoms with Crippen molar-refractivity contribution in [2.24, 2.45) is 11.8 Å². The van der Waals surface area contributed by atoms with Crippen LogP contribution in [0.15, 0.2) is 54.6 Å². The molecule has 2 aliphatic carbocycles. The van der Waals surface area contributed by atoms with Crippen LogP contribution >= 0.6 is 0 Å². The number of ether oxygens (including phenoxy) is 1. The Morgan fingerprint density at radius 3 is 2.48 bits per heavy atom. The number of rotatable bonds is 7. The zero-order valence-corrected chi connectivity index (χ0v) is 17.7. The average molecular weight is 417 g/mol. The van der Waals surface area contributed by atoms with Crippen LogP contribution in [0.3, 0.4) is 0 Å². The molecule has 160 valence electrons. The van der Waals surface area contributed by atoms with Crippen molar-refractivity contribution in [1.82, 2.24) is 9.78 Å². The van der Waals surface area contributed by atoms with Crippen molar-refractivity contribution in [1.29, 1.82) is 0 Å². The number of carbonyl (C=O) groups is 1. The fourth-order valence-corrected chi connectivity index (χ4v) is 5.15. The van der Waals surface area contributed by atoms with Crippen LogP contribution in [0.4, 0.5) is 0 Å². The van der Waals surface area contributed by atoms with Crippen LogP contribution in [0, 0.1) is 11.8 Å². The molecule has 1 fully saturated rings. The van der Waals surface area contributed by atoms with Gasteiger partial charge in [-0.1, -0.05) is 54.6 Å². The lowest BCUT2D eigenvalue weighted by Crippen LogP contribution is -2.23. The molecule has 2 aliphatic rings. The van der Waals surface area contributed by atoms with E-state index in [0.29, 0.717) is 18.4 Å². The minimum atomic E-state index is -0.892. The van der Waals surface area contributed by atoms with E-state index in [0.717, 1.165) is 44.3 Å². The topological polar surface area (TPSA) is 64.3 Å². The molecular formula is C26H28N2O3. The summed E-state index contributed by atoms with van der Waals surface area (Å²) in [4.78, 5) is 10.6. The molecule has 2 aromatic carbocycles. The molecule has 0 radical (unpaired) electrons. The highest BCUT2D eigenvalue weighted by molar-refractivity contribution is 5.87. The van der Waals surface area contributed by atoms with Gasteiger partial charge in [-0.25, -0.2) is 4.79 Å². The number of benzene rings is 2. The quantitative estimate of drug-likeness (QED) is 0.459. The van der Waals surface area contributed by atoms with Crippen LogP contribution < -0.4 is 0 Å². The van der Waals surface area contributed by atoms with Gasteiger partial charge in [-0.2, -0.15) is 5.10 Å². The summed E-state index contributed by atoms with van der Waals surface area (Å²) in [6, 6.07) is 19.2. The fraction of sp³-hybridized carbons (Fsp3) is 0.385. The van der Waals surface area contributed by atoms with E-state index in [-0.39, 0.29) is 6.61 Å². The molecule has 1 aromatic heterocycles. The first kappa shape index (κ1) is 20.0. The largest absolute Gasteiger partial charge is 0.480 e. The van der Waals surface area contributed by atoms with Gasteiger partial charge in [0.15, 0.2) is 0 Å². The molecule has 0 spiro atoms. The molecule has 0 unspecified atom stereocenters. The van der Waals surface area contributed by atoms with E-state index < -0.39 is 5.97 Å². The zero-order valence-electron chi connectivity index (χ0n) is 17.7. The Morgan fingerprint density at radius 1 is 1.00 bits per heavy atom. The molecule has 5 rings (SSSR count). The highest BCUT2D eigenvalue weighted by Crippen LogP contribution is 2.43. The summed E-state index contributed by atoms with van der Waals surface area (Å²) in [7, 11) is 0. The van der Waals surface area contributed by atoms with Gasteiger partial charge in [0, 0.05) is 24.1 Å². The predicted octanol–water partition coefficient (Wildman–Crippen LogP) is 5.03. The molecular weight excluding hydrogens is 388 g/mol. The Balaban J connectivity index is 1.34. The summed E-state index contributed by atoms with van der Waals surface area (Å²) in [5.74, 6) is 0.187. The zero-order chi connectivity index (χ0) is 21.2.